The summed E-state index contributed by atoms with van der Waals surface area (Å²) in [5.41, 5.74) is 5.80. The van der Waals surface area contributed by atoms with Crippen LogP contribution in [0.15, 0.2) is 11.1 Å². The molecular weight excluding hydrogens is 240 g/mol. The van der Waals surface area contributed by atoms with Crippen LogP contribution in [0.25, 0.3) is 0 Å². The van der Waals surface area contributed by atoms with Crippen molar-refractivity contribution in [1.29, 1.82) is 0 Å². The molecule has 1 saturated carbocycles. The molecule has 0 saturated heterocycles. The Morgan fingerprint density at radius 1 is 1.35 bits per heavy atom. The highest BCUT2D eigenvalue weighted by molar-refractivity contribution is 7.89. The van der Waals surface area contributed by atoms with E-state index in [0.29, 0.717) is 0 Å². The lowest BCUT2D eigenvalue weighted by atomic mass is 9.87. The van der Waals surface area contributed by atoms with E-state index in [-0.39, 0.29) is 16.8 Å². The summed E-state index contributed by atoms with van der Waals surface area (Å²) in [7, 11) is -3.77. The normalized spacial score (nSPS) is 26.0. The number of nitrogen functional groups attached to an aromatic ring is 1. The molecule has 0 unspecified atom stereocenters. The highest BCUT2D eigenvalue weighted by Crippen LogP contribution is 2.33. The van der Waals surface area contributed by atoms with Gasteiger partial charge in [-0.05, 0) is 31.6 Å². The van der Waals surface area contributed by atoms with E-state index in [0.717, 1.165) is 31.6 Å². The molecule has 1 aliphatic carbocycles. The fourth-order valence-electron chi connectivity index (χ4n) is 2.35. The van der Waals surface area contributed by atoms with E-state index in [9.17, 15) is 8.42 Å². The van der Waals surface area contributed by atoms with Crippen molar-refractivity contribution in [1.82, 2.24) is 9.78 Å². The van der Waals surface area contributed by atoms with E-state index >= 15 is 0 Å². The Hall–Kier alpha value is -1.08. The fraction of sp³-hybridized carbons (Fsp3) is 0.700. The van der Waals surface area contributed by atoms with E-state index in [1.807, 2.05) is 0 Å². The number of hydrogen-bond donors (Lipinski definition) is 2. The van der Waals surface area contributed by atoms with Gasteiger partial charge >= 0.3 is 0 Å². The van der Waals surface area contributed by atoms with Gasteiger partial charge in [-0.2, -0.15) is 5.10 Å². The molecule has 1 aromatic heterocycles. The van der Waals surface area contributed by atoms with Crippen molar-refractivity contribution in [3.05, 3.63) is 6.20 Å². The molecule has 0 spiro atoms. The second-order valence-corrected chi connectivity index (χ2v) is 6.33. The molecule has 0 amide bonds. The second kappa shape index (κ2) is 4.30. The molecule has 7 heteroatoms. The first kappa shape index (κ1) is 12.4. The zero-order chi connectivity index (χ0) is 12.6. The minimum absolute atomic E-state index is 0.0730. The Bertz CT molecular complexity index is 500. The quantitative estimate of drug-likeness (QED) is 0.821. The third-order valence-electron chi connectivity index (χ3n) is 3.44. The summed E-state index contributed by atoms with van der Waals surface area (Å²) in [5, 5.41) is 9.12. The van der Waals surface area contributed by atoms with Crippen molar-refractivity contribution in [2.45, 2.75) is 43.5 Å². The molecule has 1 fully saturated rings. The standard InChI is InChI=1S/C10H18N4O2S/c1-7-2-4-8(5-3-7)14-10(11)9(6-13-14)17(12,15)16/h6-8H,2-5,11H2,1H3,(H2,12,15,16). The van der Waals surface area contributed by atoms with E-state index < -0.39 is 10.0 Å². The Morgan fingerprint density at radius 3 is 2.41 bits per heavy atom. The number of primary sulfonamides is 1. The first-order chi connectivity index (χ1) is 7.89. The van der Waals surface area contributed by atoms with Gasteiger partial charge in [0.25, 0.3) is 0 Å². The minimum atomic E-state index is -3.77. The van der Waals surface area contributed by atoms with Crippen LogP contribution >= 0.6 is 0 Å². The molecule has 0 aliphatic heterocycles. The molecule has 96 valence electrons. The topological polar surface area (TPSA) is 104 Å². The van der Waals surface area contributed by atoms with Crippen LogP contribution in [-0.2, 0) is 10.0 Å². The van der Waals surface area contributed by atoms with Crippen molar-refractivity contribution in [3.8, 4) is 0 Å². The van der Waals surface area contributed by atoms with Crippen molar-refractivity contribution >= 4 is 15.8 Å². The predicted molar refractivity (Wildman–Crippen MR) is 64.7 cm³/mol. The number of aromatic nitrogens is 2. The fourth-order valence-corrected chi connectivity index (χ4v) is 2.93. The molecule has 0 radical (unpaired) electrons. The number of sulfonamides is 1. The number of rotatable bonds is 2. The number of hydrogen-bond acceptors (Lipinski definition) is 4. The minimum Gasteiger partial charge on any atom is -0.383 e. The van der Waals surface area contributed by atoms with E-state index in [1.165, 1.54) is 6.20 Å². The third-order valence-corrected chi connectivity index (χ3v) is 4.36. The molecule has 0 aromatic carbocycles. The van der Waals surface area contributed by atoms with Gasteiger partial charge in [-0.3, -0.25) is 0 Å². The highest BCUT2D eigenvalue weighted by Gasteiger charge is 2.25. The largest absolute Gasteiger partial charge is 0.383 e. The summed E-state index contributed by atoms with van der Waals surface area (Å²) in [5.74, 6) is 0.882. The highest BCUT2D eigenvalue weighted by atomic mass is 32.2. The van der Waals surface area contributed by atoms with Crippen LogP contribution in [0.1, 0.15) is 38.6 Å². The van der Waals surface area contributed by atoms with Crippen LogP contribution in [0.2, 0.25) is 0 Å². The smallest absolute Gasteiger partial charge is 0.243 e. The molecule has 0 bridgehead atoms. The average molecular weight is 258 g/mol. The maximum atomic E-state index is 11.2. The summed E-state index contributed by atoms with van der Waals surface area (Å²) < 4.78 is 24.1. The third kappa shape index (κ3) is 2.44. The van der Waals surface area contributed by atoms with Crippen molar-refractivity contribution in [3.63, 3.8) is 0 Å². The Morgan fingerprint density at radius 2 is 1.94 bits per heavy atom. The molecule has 0 atom stereocenters. The van der Waals surface area contributed by atoms with Gasteiger partial charge in [0.05, 0.1) is 12.2 Å². The van der Waals surface area contributed by atoms with E-state index in [2.05, 4.69) is 12.0 Å². The van der Waals surface area contributed by atoms with E-state index in [4.69, 9.17) is 10.9 Å². The van der Waals surface area contributed by atoms with Gasteiger partial charge in [0.2, 0.25) is 10.0 Å². The molecule has 1 aromatic rings. The average Bonchev–Trinajstić information content (AvgIpc) is 2.61. The van der Waals surface area contributed by atoms with Crippen LogP contribution in [0, 0.1) is 5.92 Å². The zero-order valence-electron chi connectivity index (χ0n) is 9.83. The summed E-state index contributed by atoms with van der Waals surface area (Å²) >= 11 is 0. The lowest BCUT2D eigenvalue weighted by molar-refractivity contribution is 0.276. The second-order valence-electron chi connectivity index (χ2n) is 4.80. The lowest BCUT2D eigenvalue weighted by Gasteiger charge is -2.27. The van der Waals surface area contributed by atoms with Crippen molar-refractivity contribution < 1.29 is 8.42 Å². The van der Waals surface area contributed by atoms with Crippen LogP contribution in [0.4, 0.5) is 5.82 Å². The first-order valence-electron chi connectivity index (χ1n) is 5.75. The maximum Gasteiger partial charge on any atom is 0.243 e. The van der Waals surface area contributed by atoms with Crippen molar-refractivity contribution in [2.75, 3.05) is 5.73 Å². The van der Waals surface area contributed by atoms with Gasteiger partial charge in [0, 0.05) is 0 Å². The first-order valence-corrected chi connectivity index (χ1v) is 7.30. The molecular formula is C10H18N4O2S. The summed E-state index contributed by atoms with van der Waals surface area (Å²) in [4.78, 5) is -0.0730. The zero-order valence-corrected chi connectivity index (χ0v) is 10.7. The maximum absolute atomic E-state index is 11.2. The summed E-state index contributed by atoms with van der Waals surface area (Å²) in [6, 6.07) is 0.196. The molecule has 1 heterocycles. The number of nitrogens with zero attached hydrogens (tertiary/aromatic N) is 2. The molecule has 17 heavy (non-hydrogen) atoms. The Kier molecular flexibility index (Phi) is 3.13. The van der Waals surface area contributed by atoms with Gasteiger partial charge in [-0.1, -0.05) is 6.92 Å². The van der Waals surface area contributed by atoms with Gasteiger partial charge < -0.3 is 5.73 Å². The van der Waals surface area contributed by atoms with Crippen LogP contribution < -0.4 is 10.9 Å². The van der Waals surface area contributed by atoms with Gasteiger partial charge in [0.15, 0.2) is 0 Å². The number of nitrogens with two attached hydrogens (primary N) is 2. The summed E-state index contributed by atoms with van der Waals surface area (Å²) in [6.45, 7) is 2.22. The number of anilines is 1. The summed E-state index contributed by atoms with van der Waals surface area (Å²) in [6.07, 6.45) is 5.44. The molecule has 4 N–H and O–H groups in total. The van der Waals surface area contributed by atoms with Gasteiger partial charge in [-0.25, -0.2) is 18.2 Å². The van der Waals surface area contributed by atoms with Crippen molar-refractivity contribution in [2.24, 2.45) is 11.1 Å². The van der Waals surface area contributed by atoms with E-state index in [1.54, 1.807) is 4.68 Å². The molecule has 2 rings (SSSR count). The van der Waals surface area contributed by atoms with Gasteiger partial charge in [-0.15, -0.1) is 0 Å². The monoisotopic (exact) mass is 258 g/mol. The molecule has 1 aliphatic rings. The SMILES string of the molecule is CC1CCC(n2ncc(S(N)(=O)=O)c2N)CC1. The van der Waals surface area contributed by atoms with Crippen LogP contribution in [-0.4, -0.2) is 18.2 Å². The lowest BCUT2D eigenvalue weighted by Crippen LogP contribution is -2.20. The predicted octanol–water partition coefficient (Wildman–Crippen LogP) is 0.864. The Labute approximate surface area is 101 Å². The Balaban J connectivity index is 2.26. The molecule has 6 nitrogen and oxygen atoms in total. The van der Waals surface area contributed by atoms with Gasteiger partial charge in [0.1, 0.15) is 10.7 Å². The van der Waals surface area contributed by atoms with Crippen LogP contribution in [0.5, 0.6) is 0 Å². The van der Waals surface area contributed by atoms with Crippen LogP contribution in [0.3, 0.4) is 0 Å².